The van der Waals surface area contributed by atoms with Crippen molar-refractivity contribution in [3.63, 3.8) is 0 Å². The summed E-state index contributed by atoms with van der Waals surface area (Å²) in [5, 5.41) is 0.202. The molecule has 3 aromatic rings. The quantitative estimate of drug-likeness (QED) is 0.532. The number of aromatic amines is 1. The van der Waals surface area contributed by atoms with Gasteiger partial charge >= 0.3 is 6.18 Å². The lowest BCUT2D eigenvalue weighted by Gasteiger charge is -2.15. The number of methoxy groups -OCH3 is 2. The molecule has 2 aromatic heterocycles. The maximum Gasteiger partial charge on any atom is 0.422 e. The number of anilines is 1. The van der Waals surface area contributed by atoms with Crippen LogP contribution in [0.25, 0.3) is 10.9 Å². The first kappa shape index (κ1) is 21.4. The maximum atomic E-state index is 13.3. The van der Waals surface area contributed by atoms with Crippen LogP contribution in [0.2, 0.25) is 0 Å². The molecule has 0 amide bonds. The molecule has 30 heavy (non-hydrogen) atoms. The summed E-state index contributed by atoms with van der Waals surface area (Å²) in [6, 6.07) is 3.47. The third kappa shape index (κ3) is 4.48. The third-order valence-corrected chi connectivity index (χ3v) is 5.06. The molecular weight excluding hydrogens is 436 g/mol. The van der Waals surface area contributed by atoms with Crippen molar-refractivity contribution < 1.29 is 40.2 Å². The molecule has 0 atom stereocenters. The molecule has 14 heteroatoms. The molecule has 0 aliphatic rings. The fraction of sp³-hybridized carbons (Fsp3) is 0.250. The van der Waals surface area contributed by atoms with Gasteiger partial charge in [0.25, 0.3) is 21.8 Å². The van der Waals surface area contributed by atoms with E-state index in [1.807, 2.05) is 0 Å². The maximum absolute atomic E-state index is 13.3. The number of ether oxygens (including phenoxy) is 3. The van der Waals surface area contributed by atoms with Gasteiger partial charge in [0.1, 0.15) is 10.7 Å². The highest BCUT2D eigenvalue weighted by Crippen LogP contribution is 2.36. The van der Waals surface area contributed by atoms with E-state index in [1.165, 1.54) is 6.07 Å². The zero-order valence-corrected chi connectivity index (χ0v) is 16.2. The average molecular weight is 450 g/mol. The molecule has 0 aliphatic heterocycles. The highest BCUT2D eigenvalue weighted by Gasteiger charge is 2.31. The van der Waals surface area contributed by atoms with Crippen LogP contribution in [-0.4, -0.2) is 50.4 Å². The first-order chi connectivity index (χ1) is 14.0. The molecule has 162 valence electrons. The highest BCUT2D eigenvalue weighted by molar-refractivity contribution is 7.93. The largest absolute Gasteiger partial charge is 0.478 e. The number of H-pyrrole nitrogens is 1. The number of benzene rings is 1. The van der Waals surface area contributed by atoms with Crippen LogP contribution in [0.4, 0.5) is 23.5 Å². The predicted molar refractivity (Wildman–Crippen MR) is 95.8 cm³/mol. The molecule has 0 unspecified atom stereocenters. The molecule has 2 N–H and O–H groups in total. The van der Waals surface area contributed by atoms with Crippen molar-refractivity contribution in [1.29, 1.82) is 0 Å². The van der Waals surface area contributed by atoms with Gasteiger partial charge in [-0.3, -0.25) is 0 Å². The summed E-state index contributed by atoms with van der Waals surface area (Å²) >= 11 is 0. The van der Waals surface area contributed by atoms with E-state index in [0.717, 1.165) is 32.5 Å². The Balaban J connectivity index is 1.97. The summed E-state index contributed by atoms with van der Waals surface area (Å²) in [5.41, 5.74) is 0.238. The first-order valence-electron chi connectivity index (χ1n) is 8.03. The van der Waals surface area contributed by atoms with Crippen LogP contribution in [0, 0.1) is 5.82 Å². The van der Waals surface area contributed by atoms with Gasteiger partial charge < -0.3 is 19.2 Å². The second-order valence-electron chi connectivity index (χ2n) is 5.75. The van der Waals surface area contributed by atoms with Gasteiger partial charge in [0.2, 0.25) is 11.7 Å². The van der Waals surface area contributed by atoms with Crippen molar-refractivity contribution in [3.05, 3.63) is 30.2 Å². The number of fused-ring (bicyclic) bond motifs is 1. The number of nitrogens with zero attached hydrogens (tertiary/aromatic N) is 2. The van der Waals surface area contributed by atoms with Crippen molar-refractivity contribution in [2.75, 3.05) is 25.5 Å². The topological polar surface area (TPSA) is 115 Å². The Bertz CT molecular complexity index is 1160. The lowest BCUT2D eigenvalue weighted by molar-refractivity contribution is -0.153. The molecule has 0 saturated heterocycles. The SMILES string of the molecule is COc1nc(NS(=O)(=O)c2c[nH]c3cc(F)ccc23)nc(OC)c1OCC(F)(F)F. The zero-order valence-electron chi connectivity index (χ0n) is 15.4. The Morgan fingerprint density at radius 2 is 1.77 bits per heavy atom. The van der Waals surface area contributed by atoms with Crippen LogP contribution in [-0.2, 0) is 10.0 Å². The van der Waals surface area contributed by atoms with Gasteiger partial charge in [0, 0.05) is 17.1 Å². The fourth-order valence-electron chi connectivity index (χ4n) is 2.48. The minimum absolute atomic E-state index is 0.202. The summed E-state index contributed by atoms with van der Waals surface area (Å²) in [5.74, 6) is -2.62. The minimum atomic E-state index is -4.65. The van der Waals surface area contributed by atoms with E-state index < -0.39 is 52.1 Å². The standard InChI is InChI=1S/C16H14F4N4O5S/c1-27-13-12(29-7-16(18,19)20)14(28-2)23-15(22-13)24-30(25,26)11-6-21-10-5-8(17)3-4-9(10)11/h3-6,21H,7H2,1-2H3,(H,22,23,24). The van der Waals surface area contributed by atoms with E-state index in [1.54, 1.807) is 0 Å². The van der Waals surface area contributed by atoms with Gasteiger partial charge in [-0.2, -0.15) is 23.1 Å². The summed E-state index contributed by atoms with van der Waals surface area (Å²) in [6.45, 7) is -1.67. The molecule has 0 fully saturated rings. The van der Waals surface area contributed by atoms with Crippen LogP contribution >= 0.6 is 0 Å². The van der Waals surface area contributed by atoms with Crippen molar-refractivity contribution >= 4 is 26.9 Å². The van der Waals surface area contributed by atoms with Crippen molar-refractivity contribution in [2.45, 2.75) is 11.1 Å². The molecular formula is C16H14F4N4O5S. The van der Waals surface area contributed by atoms with Crippen molar-refractivity contribution in [2.24, 2.45) is 0 Å². The average Bonchev–Trinajstić information content (AvgIpc) is 3.09. The van der Waals surface area contributed by atoms with Gasteiger partial charge in [-0.25, -0.2) is 17.5 Å². The molecule has 0 saturated carbocycles. The second-order valence-corrected chi connectivity index (χ2v) is 7.40. The lowest BCUT2D eigenvalue weighted by Crippen LogP contribution is -2.21. The van der Waals surface area contributed by atoms with E-state index in [4.69, 9.17) is 9.47 Å². The number of sulfonamides is 1. The van der Waals surface area contributed by atoms with Crippen molar-refractivity contribution in [1.82, 2.24) is 15.0 Å². The molecule has 3 rings (SSSR count). The summed E-state index contributed by atoms with van der Waals surface area (Å²) in [4.78, 5) is 9.85. The highest BCUT2D eigenvalue weighted by atomic mass is 32.2. The smallest absolute Gasteiger partial charge is 0.422 e. The predicted octanol–water partition coefficient (Wildman–Crippen LogP) is 2.86. The lowest BCUT2D eigenvalue weighted by atomic mass is 10.2. The third-order valence-electron chi connectivity index (χ3n) is 3.69. The van der Waals surface area contributed by atoms with Crippen molar-refractivity contribution in [3.8, 4) is 17.5 Å². The molecule has 0 bridgehead atoms. The number of aromatic nitrogens is 3. The number of hydrogen-bond acceptors (Lipinski definition) is 7. The number of halogens is 4. The van der Waals surface area contributed by atoms with E-state index in [9.17, 15) is 26.0 Å². The Hall–Kier alpha value is -3.29. The number of rotatable bonds is 7. The molecule has 0 spiro atoms. The Kier molecular flexibility index (Phi) is 5.61. The van der Waals surface area contributed by atoms with E-state index in [2.05, 4.69) is 24.4 Å². The van der Waals surface area contributed by atoms with Gasteiger partial charge in [-0.05, 0) is 18.2 Å². The first-order valence-corrected chi connectivity index (χ1v) is 9.51. The monoisotopic (exact) mass is 450 g/mol. The van der Waals surface area contributed by atoms with E-state index in [0.29, 0.717) is 0 Å². The van der Waals surface area contributed by atoms with E-state index in [-0.39, 0.29) is 15.8 Å². The van der Waals surface area contributed by atoms with E-state index >= 15 is 0 Å². The minimum Gasteiger partial charge on any atom is -0.478 e. The summed E-state index contributed by atoms with van der Waals surface area (Å²) < 4.78 is 92.6. The van der Waals surface area contributed by atoms with Gasteiger partial charge in [0.15, 0.2) is 6.61 Å². The van der Waals surface area contributed by atoms with Gasteiger partial charge in [-0.1, -0.05) is 0 Å². The molecule has 0 aliphatic carbocycles. The van der Waals surface area contributed by atoms with Crippen LogP contribution in [0.15, 0.2) is 29.3 Å². The van der Waals surface area contributed by atoms with Crippen LogP contribution in [0.1, 0.15) is 0 Å². The Morgan fingerprint density at radius 1 is 1.13 bits per heavy atom. The summed E-state index contributed by atoms with van der Waals surface area (Å²) in [6.07, 6.45) is -3.51. The van der Waals surface area contributed by atoms with Gasteiger partial charge in [0.05, 0.1) is 14.2 Å². The van der Waals surface area contributed by atoms with Gasteiger partial charge in [-0.15, -0.1) is 0 Å². The van der Waals surface area contributed by atoms with Crippen LogP contribution in [0.3, 0.4) is 0 Å². The second kappa shape index (κ2) is 7.85. The number of hydrogen-bond donors (Lipinski definition) is 2. The zero-order chi connectivity index (χ0) is 22.1. The normalized spacial score (nSPS) is 12.1. The number of nitrogens with one attached hydrogen (secondary N) is 2. The molecule has 1 aromatic carbocycles. The van der Waals surface area contributed by atoms with Crippen LogP contribution < -0.4 is 18.9 Å². The fourth-order valence-corrected chi connectivity index (χ4v) is 3.60. The summed E-state index contributed by atoms with van der Waals surface area (Å²) in [7, 11) is -2.08. The molecule has 2 heterocycles. The number of alkyl halides is 3. The Morgan fingerprint density at radius 3 is 2.33 bits per heavy atom. The molecule has 0 radical (unpaired) electrons. The molecule has 9 nitrogen and oxygen atoms in total. The Labute approximate surface area is 167 Å². The van der Waals surface area contributed by atoms with Crippen LogP contribution in [0.5, 0.6) is 17.5 Å².